The first-order chi connectivity index (χ1) is 13.6. The van der Waals surface area contributed by atoms with Crippen LogP contribution in [0.3, 0.4) is 0 Å². The van der Waals surface area contributed by atoms with Crippen LogP contribution in [0.2, 0.25) is 0 Å². The minimum Gasteiger partial charge on any atom is -0.391 e. The summed E-state index contributed by atoms with van der Waals surface area (Å²) in [5.41, 5.74) is 2.82. The number of benzene rings is 2. The molecule has 28 heavy (non-hydrogen) atoms. The summed E-state index contributed by atoms with van der Waals surface area (Å²) in [5.74, 6) is -0.533. The van der Waals surface area contributed by atoms with Gasteiger partial charge in [0.2, 0.25) is 0 Å². The minimum atomic E-state index is -0.600. The topological polar surface area (TPSA) is 66.3 Å². The van der Waals surface area contributed by atoms with E-state index >= 15 is 0 Å². The fourth-order valence-corrected chi connectivity index (χ4v) is 3.61. The molecule has 0 unspecified atom stereocenters. The van der Waals surface area contributed by atoms with Gasteiger partial charge in [-0.3, -0.25) is 14.8 Å². The van der Waals surface area contributed by atoms with Gasteiger partial charge in [0, 0.05) is 43.2 Å². The zero-order valence-electron chi connectivity index (χ0n) is 15.2. The number of carbonyl (C=O) groups excluding carboxylic acids is 1. The number of aliphatic hydroxyl groups is 1. The molecule has 1 amide bonds. The molecule has 2 heterocycles. The Morgan fingerprint density at radius 1 is 1.11 bits per heavy atom. The summed E-state index contributed by atoms with van der Waals surface area (Å²) in [7, 11) is 0. The molecule has 1 N–H and O–H groups in total. The number of likely N-dealkylation sites (tertiary alicyclic amines) is 1. The van der Waals surface area contributed by atoms with Crippen LogP contribution < -0.4 is 0 Å². The van der Waals surface area contributed by atoms with Crippen molar-refractivity contribution in [2.75, 3.05) is 13.1 Å². The van der Waals surface area contributed by atoms with Crippen molar-refractivity contribution in [3.8, 4) is 11.1 Å². The van der Waals surface area contributed by atoms with Crippen molar-refractivity contribution < 1.29 is 14.3 Å². The zero-order chi connectivity index (χ0) is 19.5. The van der Waals surface area contributed by atoms with Crippen molar-refractivity contribution in [2.45, 2.75) is 12.5 Å². The van der Waals surface area contributed by atoms with Crippen LogP contribution in [-0.4, -0.2) is 45.1 Å². The molecule has 2 aromatic carbocycles. The Bertz CT molecular complexity index is 980. The fraction of sp³-hybridized carbons (Fsp3) is 0.227. The maximum atomic E-state index is 13.5. The Labute approximate surface area is 162 Å². The molecule has 0 bridgehead atoms. The number of amides is 1. The molecule has 0 radical (unpaired) electrons. The maximum absolute atomic E-state index is 13.5. The van der Waals surface area contributed by atoms with Crippen LogP contribution in [0.4, 0.5) is 4.39 Å². The molecule has 2 atom stereocenters. The van der Waals surface area contributed by atoms with Crippen molar-refractivity contribution in [1.82, 2.24) is 14.9 Å². The predicted molar refractivity (Wildman–Crippen MR) is 103 cm³/mol. The molecule has 142 valence electrons. The molecule has 5 nitrogen and oxygen atoms in total. The van der Waals surface area contributed by atoms with E-state index in [1.807, 2.05) is 12.1 Å². The smallest absolute Gasteiger partial charge is 0.253 e. The second-order valence-electron chi connectivity index (χ2n) is 7.03. The second kappa shape index (κ2) is 7.86. The number of aliphatic hydroxyl groups excluding tert-OH is 1. The molecule has 0 saturated carbocycles. The Kier molecular flexibility index (Phi) is 5.12. The number of aromatic nitrogens is 2. The first kappa shape index (κ1) is 18.3. The van der Waals surface area contributed by atoms with Crippen LogP contribution in [0.15, 0.2) is 67.1 Å². The van der Waals surface area contributed by atoms with Crippen LogP contribution >= 0.6 is 0 Å². The van der Waals surface area contributed by atoms with Crippen LogP contribution in [-0.2, 0) is 6.42 Å². The average Bonchev–Trinajstić information content (AvgIpc) is 3.08. The van der Waals surface area contributed by atoms with Gasteiger partial charge >= 0.3 is 0 Å². The third-order valence-electron chi connectivity index (χ3n) is 5.05. The summed E-state index contributed by atoms with van der Waals surface area (Å²) in [5, 5.41) is 10.4. The SMILES string of the molecule is O=C(c1cccc(-c2cccc(F)c2)c1)N1C[C@@H](Cc2cnccn2)[C@H](O)C1. The first-order valence-corrected chi connectivity index (χ1v) is 9.18. The summed E-state index contributed by atoms with van der Waals surface area (Å²) >= 11 is 0. The molecule has 1 aromatic heterocycles. The molecule has 1 fully saturated rings. The fourth-order valence-electron chi connectivity index (χ4n) is 3.61. The molecule has 6 heteroatoms. The van der Waals surface area contributed by atoms with E-state index in [1.54, 1.807) is 47.8 Å². The van der Waals surface area contributed by atoms with Gasteiger partial charge in [0.25, 0.3) is 5.91 Å². The van der Waals surface area contributed by atoms with Crippen LogP contribution in [0.25, 0.3) is 11.1 Å². The van der Waals surface area contributed by atoms with Gasteiger partial charge in [-0.15, -0.1) is 0 Å². The van der Waals surface area contributed by atoms with E-state index in [2.05, 4.69) is 9.97 Å². The summed E-state index contributed by atoms with van der Waals surface area (Å²) < 4.78 is 13.5. The number of carbonyl (C=O) groups is 1. The van der Waals surface area contributed by atoms with Crippen LogP contribution in [0, 0.1) is 11.7 Å². The number of nitrogens with zero attached hydrogens (tertiary/aromatic N) is 3. The van der Waals surface area contributed by atoms with Gasteiger partial charge in [-0.2, -0.15) is 0 Å². The molecule has 4 rings (SSSR count). The monoisotopic (exact) mass is 377 g/mol. The maximum Gasteiger partial charge on any atom is 0.253 e. The number of β-amino-alcohol motifs (C(OH)–C–C–N with tert-alkyl or cyclic N) is 1. The summed E-state index contributed by atoms with van der Waals surface area (Å²) in [6.07, 6.45) is 4.88. The lowest BCUT2D eigenvalue weighted by molar-refractivity contribution is 0.0764. The van der Waals surface area contributed by atoms with Gasteiger partial charge in [-0.25, -0.2) is 4.39 Å². The van der Waals surface area contributed by atoms with E-state index in [1.165, 1.54) is 12.1 Å². The molecule has 0 spiro atoms. The molecule has 1 aliphatic rings. The molecule has 1 saturated heterocycles. The standard InChI is InChI=1S/C22H20FN3O2/c23-19-6-2-4-16(10-19)15-3-1-5-17(9-15)22(28)26-13-18(21(27)14-26)11-20-12-24-7-8-25-20/h1-10,12,18,21,27H,11,13-14H2/t18-,21-/m1/s1. The van der Waals surface area contributed by atoms with Crippen LogP contribution in [0.5, 0.6) is 0 Å². The van der Waals surface area contributed by atoms with Gasteiger partial charge in [0.05, 0.1) is 11.8 Å². The van der Waals surface area contributed by atoms with E-state index in [4.69, 9.17) is 0 Å². The number of halogens is 1. The lowest BCUT2D eigenvalue weighted by Gasteiger charge is -2.17. The Balaban J connectivity index is 1.50. The highest BCUT2D eigenvalue weighted by Crippen LogP contribution is 2.25. The lowest BCUT2D eigenvalue weighted by Crippen LogP contribution is -2.29. The summed E-state index contributed by atoms with van der Waals surface area (Å²) in [4.78, 5) is 22.9. The van der Waals surface area contributed by atoms with E-state index in [0.717, 1.165) is 16.8 Å². The highest BCUT2D eigenvalue weighted by Gasteiger charge is 2.34. The van der Waals surface area contributed by atoms with Crippen molar-refractivity contribution in [3.05, 3.63) is 84.2 Å². The predicted octanol–water partition coefficient (Wildman–Crippen LogP) is 2.96. The van der Waals surface area contributed by atoms with Crippen molar-refractivity contribution >= 4 is 5.91 Å². The highest BCUT2D eigenvalue weighted by molar-refractivity contribution is 5.95. The van der Waals surface area contributed by atoms with Crippen molar-refractivity contribution in [2.24, 2.45) is 5.92 Å². The molecular formula is C22H20FN3O2. The third kappa shape index (κ3) is 3.92. The van der Waals surface area contributed by atoms with Crippen molar-refractivity contribution in [1.29, 1.82) is 0 Å². The first-order valence-electron chi connectivity index (χ1n) is 9.18. The molecule has 0 aliphatic carbocycles. The van der Waals surface area contributed by atoms with E-state index in [-0.39, 0.29) is 24.2 Å². The summed E-state index contributed by atoms with van der Waals surface area (Å²) in [6, 6.07) is 13.4. The minimum absolute atomic E-state index is 0.0768. The zero-order valence-corrected chi connectivity index (χ0v) is 15.2. The van der Waals surface area contributed by atoms with Gasteiger partial charge < -0.3 is 10.0 Å². The molecular weight excluding hydrogens is 357 g/mol. The Morgan fingerprint density at radius 3 is 2.64 bits per heavy atom. The average molecular weight is 377 g/mol. The van der Waals surface area contributed by atoms with E-state index < -0.39 is 6.10 Å². The van der Waals surface area contributed by atoms with Crippen molar-refractivity contribution in [3.63, 3.8) is 0 Å². The van der Waals surface area contributed by atoms with E-state index in [0.29, 0.717) is 18.5 Å². The lowest BCUT2D eigenvalue weighted by atomic mass is 10.0. The summed E-state index contributed by atoms with van der Waals surface area (Å²) in [6.45, 7) is 0.745. The van der Waals surface area contributed by atoms with E-state index in [9.17, 15) is 14.3 Å². The number of hydrogen-bond acceptors (Lipinski definition) is 4. The Hall–Kier alpha value is -3.12. The highest BCUT2D eigenvalue weighted by atomic mass is 19.1. The molecule has 3 aromatic rings. The number of rotatable bonds is 4. The van der Waals surface area contributed by atoms with Gasteiger partial charge in [-0.05, 0) is 41.8 Å². The van der Waals surface area contributed by atoms with Gasteiger partial charge in [0.1, 0.15) is 5.82 Å². The second-order valence-corrected chi connectivity index (χ2v) is 7.03. The molecule has 1 aliphatic heterocycles. The number of hydrogen-bond donors (Lipinski definition) is 1. The van der Waals surface area contributed by atoms with Gasteiger partial charge in [-0.1, -0.05) is 24.3 Å². The van der Waals surface area contributed by atoms with Crippen LogP contribution in [0.1, 0.15) is 16.1 Å². The largest absolute Gasteiger partial charge is 0.391 e. The van der Waals surface area contributed by atoms with Gasteiger partial charge in [0.15, 0.2) is 0 Å². The normalized spacial score (nSPS) is 19.0. The third-order valence-corrected chi connectivity index (χ3v) is 5.05. The Morgan fingerprint density at radius 2 is 1.89 bits per heavy atom. The quantitative estimate of drug-likeness (QED) is 0.759.